The van der Waals surface area contributed by atoms with E-state index in [0.717, 1.165) is 16.5 Å². The molecule has 1 N–H and O–H groups in total. The number of hydrogen-bond donors (Lipinski definition) is 1. The summed E-state index contributed by atoms with van der Waals surface area (Å²) in [6.07, 6.45) is 1.09. The molecule has 0 radical (unpaired) electrons. The van der Waals surface area contributed by atoms with Crippen LogP contribution in [0.5, 0.6) is 0 Å². The van der Waals surface area contributed by atoms with Crippen molar-refractivity contribution in [3.05, 3.63) is 30.6 Å². The Morgan fingerprint density at radius 1 is 1.32 bits per heavy atom. The van der Waals surface area contributed by atoms with Crippen LogP contribution in [-0.4, -0.2) is 34.8 Å². The van der Waals surface area contributed by atoms with Crippen LogP contribution in [0.25, 0.3) is 22.1 Å². The molecule has 5 nitrogen and oxygen atoms in total. The number of anilines is 1. The minimum Gasteiger partial charge on any atom is -0.450 e. The molecule has 1 aromatic carbocycles. The maximum atomic E-state index is 9.48. The first-order valence-corrected chi connectivity index (χ1v) is 6.18. The van der Waals surface area contributed by atoms with Gasteiger partial charge >= 0.3 is 0 Å². The fraction of sp³-hybridized carbons (Fsp3) is 0.286. The van der Waals surface area contributed by atoms with E-state index in [1.54, 1.807) is 6.92 Å². The van der Waals surface area contributed by atoms with Crippen LogP contribution in [0.4, 0.5) is 5.82 Å². The summed E-state index contributed by atoms with van der Waals surface area (Å²) >= 11 is 0. The third-order valence-corrected chi connectivity index (χ3v) is 3.04. The Kier molecular flexibility index (Phi) is 2.83. The maximum absolute atomic E-state index is 9.48. The first-order chi connectivity index (χ1) is 9.16. The number of benzene rings is 1. The zero-order valence-corrected chi connectivity index (χ0v) is 10.9. The monoisotopic (exact) mass is 257 g/mol. The zero-order valence-electron chi connectivity index (χ0n) is 10.9. The van der Waals surface area contributed by atoms with E-state index in [9.17, 15) is 5.11 Å². The van der Waals surface area contributed by atoms with Crippen molar-refractivity contribution in [1.29, 1.82) is 0 Å². The zero-order chi connectivity index (χ0) is 13.4. The van der Waals surface area contributed by atoms with Gasteiger partial charge in [0.1, 0.15) is 17.4 Å². The number of likely N-dealkylation sites (N-methyl/N-ethyl adjacent to an activating group) is 1. The van der Waals surface area contributed by atoms with Crippen LogP contribution < -0.4 is 4.90 Å². The standard InChI is InChI=1S/C14H15N3O2/c1-9(18)7-17(2)14-13-12(15-8-16-14)10-5-3-4-6-11(10)19-13/h3-6,8-9,18H,7H2,1-2H3. The fourth-order valence-corrected chi connectivity index (χ4v) is 2.27. The Balaban J connectivity index is 2.20. The maximum Gasteiger partial charge on any atom is 0.196 e. The quantitative estimate of drug-likeness (QED) is 0.779. The predicted molar refractivity (Wildman–Crippen MR) is 74.3 cm³/mol. The molecule has 0 spiro atoms. The predicted octanol–water partition coefficient (Wildman–Crippen LogP) is 2.19. The molecular formula is C14H15N3O2. The smallest absolute Gasteiger partial charge is 0.196 e. The van der Waals surface area contributed by atoms with Crippen molar-refractivity contribution in [3.8, 4) is 0 Å². The summed E-state index contributed by atoms with van der Waals surface area (Å²) < 4.78 is 5.84. The topological polar surface area (TPSA) is 62.4 Å². The Labute approximate surface area is 110 Å². The lowest BCUT2D eigenvalue weighted by Gasteiger charge is -2.19. The van der Waals surface area contributed by atoms with E-state index in [1.807, 2.05) is 36.2 Å². The number of para-hydroxylation sites is 1. The molecule has 0 aliphatic heterocycles. The van der Waals surface area contributed by atoms with Crippen LogP contribution in [0.15, 0.2) is 35.0 Å². The molecule has 0 saturated carbocycles. The van der Waals surface area contributed by atoms with E-state index in [4.69, 9.17) is 4.42 Å². The van der Waals surface area contributed by atoms with Crippen molar-refractivity contribution in [3.63, 3.8) is 0 Å². The molecule has 0 bridgehead atoms. The fourth-order valence-electron chi connectivity index (χ4n) is 2.27. The molecular weight excluding hydrogens is 242 g/mol. The molecule has 19 heavy (non-hydrogen) atoms. The van der Waals surface area contributed by atoms with Crippen LogP contribution in [0, 0.1) is 0 Å². The summed E-state index contributed by atoms with van der Waals surface area (Å²) in [6.45, 7) is 2.23. The average Bonchev–Trinajstić information content (AvgIpc) is 2.76. The molecule has 0 aliphatic carbocycles. The van der Waals surface area contributed by atoms with Gasteiger partial charge in [-0.1, -0.05) is 12.1 Å². The van der Waals surface area contributed by atoms with Gasteiger partial charge < -0.3 is 14.4 Å². The van der Waals surface area contributed by atoms with Gasteiger partial charge in [-0.05, 0) is 19.1 Å². The molecule has 0 saturated heterocycles. The van der Waals surface area contributed by atoms with E-state index in [2.05, 4.69) is 9.97 Å². The molecule has 0 aliphatic rings. The third kappa shape index (κ3) is 2.02. The largest absolute Gasteiger partial charge is 0.450 e. The molecule has 1 atom stereocenters. The van der Waals surface area contributed by atoms with Crippen LogP contribution in [-0.2, 0) is 0 Å². The second-order valence-electron chi connectivity index (χ2n) is 4.70. The van der Waals surface area contributed by atoms with Crippen LogP contribution in [0.1, 0.15) is 6.92 Å². The number of aliphatic hydroxyl groups is 1. The van der Waals surface area contributed by atoms with E-state index in [-0.39, 0.29) is 0 Å². The van der Waals surface area contributed by atoms with Gasteiger partial charge in [-0.2, -0.15) is 0 Å². The first kappa shape index (κ1) is 11.9. The highest BCUT2D eigenvalue weighted by Crippen LogP contribution is 2.31. The molecule has 1 unspecified atom stereocenters. The lowest BCUT2D eigenvalue weighted by atomic mass is 10.2. The Morgan fingerprint density at radius 3 is 2.89 bits per heavy atom. The van der Waals surface area contributed by atoms with E-state index >= 15 is 0 Å². The summed E-state index contributed by atoms with van der Waals surface area (Å²) in [6, 6.07) is 7.78. The van der Waals surface area contributed by atoms with Crippen molar-refractivity contribution in [2.75, 3.05) is 18.5 Å². The summed E-state index contributed by atoms with van der Waals surface area (Å²) in [5.74, 6) is 0.696. The van der Waals surface area contributed by atoms with Crippen LogP contribution in [0.2, 0.25) is 0 Å². The number of fused-ring (bicyclic) bond motifs is 3. The molecule has 2 heterocycles. The van der Waals surface area contributed by atoms with Gasteiger partial charge in [0.2, 0.25) is 0 Å². The number of furan rings is 1. The second-order valence-corrected chi connectivity index (χ2v) is 4.70. The van der Waals surface area contributed by atoms with Crippen molar-refractivity contribution in [1.82, 2.24) is 9.97 Å². The molecule has 0 amide bonds. The SMILES string of the molecule is CC(O)CN(C)c1ncnc2c1oc1ccccc12. The number of aromatic nitrogens is 2. The van der Waals surface area contributed by atoms with Gasteiger partial charge in [0, 0.05) is 19.0 Å². The van der Waals surface area contributed by atoms with E-state index in [1.165, 1.54) is 6.33 Å². The van der Waals surface area contributed by atoms with Crippen LogP contribution in [0.3, 0.4) is 0 Å². The van der Waals surface area contributed by atoms with Gasteiger partial charge in [0.15, 0.2) is 11.4 Å². The molecule has 3 aromatic rings. The number of rotatable bonds is 3. The molecule has 98 valence electrons. The minimum atomic E-state index is -0.431. The van der Waals surface area contributed by atoms with Gasteiger partial charge in [0.05, 0.1) is 6.10 Å². The minimum absolute atomic E-state index is 0.431. The molecule has 3 rings (SSSR count). The summed E-state index contributed by atoms with van der Waals surface area (Å²) in [5, 5.41) is 10.5. The van der Waals surface area contributed by atoms with Crippen molar-refractivity contribution in [2.45, 2.75) is 13.0 Å². The lowest BCUT2D eigenvalue weighted by Crippen LogP contribution is -2.27. The normalized spacial score (nSPS) is 13.0. The van der Waals surface area contributed by atoms with Gasteiger partial charge in [0.25, 0.3) is 0 Å². The van der Waals surface area contributed by atoms with Gasteiger partial charge in [-0.25, -0.2) is 9.97 Å². The van der Waals surface area contributed by atoms with Crippen molar-refractivity contribution in [2.24, 2.45) is 0 Å². The van der Waals surface area contributed by atoms with Gasteiger partial charge in [-0.3, -0.25) is 0 Å². The van der Waals surface area contributed by atoms with Crippen LogP contribution >= 0.6 is 0 Å². The second kappa shape index (κ2) is 4.51. The highest BCUT2D eigenvalue weighted by molar-refractivity contribution is 6.05. The summed E-state index contributed by atoms with van der Waals surface area (Å²) in [4.78, 5) is 10.4. The van der Waals surface area contributed by atoms with Gasteiger partial charge in [-0.15, -0.1) is 0 Å². The van der Waals surface area contributed by atoms with E-state index in [0.29, 0.717) is 17.9 Å². The van der Waals surface area contributed by atoms with Crippen molar-refractivity contribution < 1.29 is 9.52 Å². The Morgan fingerprint density at radius 2 is 2.11 bits per heavy atom. The molecule has 0 fully saturated rings. The molecule has 2 aromatic heterocycles. The number of hydrogen-bond acceptors (Lipinski definition) is 5. The Bertz CT molecular complexity index is 721. The first-order valence-electron chi connectivity index (χ1n) is 6.18. The lowest BCUT2D eigenvalue weighted by molar-refractivity contribution is 0.201. The third-order valence-electron chi connectivity index (χ3n) is 3.04. The Hall–Kier alpha value is -2.14. The summed E-state index contributed by atoms with van der Waals surface area (Å²) in [5.41, 5.74) is 2.26. The van der Waals surface area contributed by atoms with E-state index < -0.39 is 6.10 Å². The summed E-state index contributed by atoms with van der Waals surface area (Å²) in [7, 11) is 1.88. The number of aliphatic hydroxyl groups excluding tert-OH is 1. The molecule has 5 heteroatoms. The highest BCUT2D eigenvalue weighted by atomic mass is 16.3. The highest BCUT2D eigenvalue weighted by Gasteiger charge is 2.16. The number of nitrogens with zero attached hydrogens (tertiary/aromatic N) is 3. The average molecular weight is 257 g/mol. The van der Waals surface area contributed by atoms with Crippen molar-refractivity contribution >= 4 is 27.9 Å².